The lowest BCUT2D eigenvalue weighted by atomic mass is 9.99. The third kappa shape index (κ3) is 3.65. The summed E-state index contributed by atoms with van der Waals surface area (Å²) in [4.78, 5) is 23.3. The molecule has 0 aromatic carbocycles. The molecule has 3 aliphatic rings. The van der Waals surface area contributed by atoms with E-state index in [0.29, 0.717) is 17.0 Å². The molecule has 0 bridgehead atoms. The molecule has 1 fully saturated rings. The van der Waals surface area contributed by atoms with Crippen LogP contribution in [0, 0.1) is 11.8 Å². The van der Waals surface area contributed by atoms with Crippen LogP contribution in [0.5, 0.6) is 0 Å². The molecule has 30 heavy (non-hydrogen) atoms. The van der Waals surface area contributed by atoms with Crippen molar-refractivity contribution < 1.29 is 4.79 Å². The van der Waals surface area contributed by atoms with Gasteiger partial charge in [0.05, 0.1) is 0 Å². The lowest BCUT2D eigenvalue weighted by Gasteiger charge is -2.19. The number of pyridine rings is 2. The highest BCUT2D eigenvalue weighted by atomic mass is 35.5. The van der Waals surface area contributed by atoms with Gasteiger partial charge < -0.3 is 10.2 Å². The van der Waals surface area contributed by atoms with E-state index >= 15 is 0 Å². The van der Waals surface area contributed by atoms with Crippen molar-refractivity contribution in [3.63, 3.8) is 0 Å². The van der Waals surface area contributed by atoms with Crippen molar-refractivity contribution in [2.45, 2.75) is 19.3 Å². The average molecular weight is 419 g/mol. The molecular weight excluding hydrogens is 396 g/mol. The van der Waals surface area contributed by atoms with Gasteiger partial charge in [-0.25, -0.2) is 9.97 Å². The van der Waals surface area contributed by atoms with E-state index in [1.54, 1.807) is 18.5 Å². The van der Waals surface area contributed by atoms with Crippen LogP contribution in [-0.4, -0.2) is 33.9 Å². The summed E-state index contributed by atoms with van der Waals surface area (Å²) in [7, 11) is 0. The molecular formula is C24H23ClN4O. The number of anilines is 1. The molecule has 2 aromatic heterocycles. The molecule has 2 aromatic rings. The zero-order chi connectivity index (χ0) is 20.7. The Balaban J connectivity index is 1.24. The minimum absolute atomic E-state index is 0.0583. The van der Waals surface area contributed by atoms with Gasteiger partial charge in [0.1, 0.15) is 11.0 Å². The first-order valence-corrected chi connectivity index (χ1v) is 10.7. The van der Waals surface area contributed by atoms with E-state index in [1.807, 2.05) is 23.1 Å². The fourth-order valence-electron chi connectivity index (χ4n) is 4.63. The van der Waals surface area contributed by atoms with Crippen molar-refractivity contribution in [3.8, 4) is 0 Å². The molecule has 0 spiro atoms. The second kappa shape index (κ2) is 7.73. The largest absolute Gasteiger partial charge is 0.344 e. The predicted octanol–water partition coefficient (Wildman–Crippen LogP) is 4.58. The summed E-state index contributed by atoms with van der Waals surface area (Å²) in [5, 5.41) is 3.77. The van der Waals surface area contributed by atoms with Crippen LogP contribution in [0.25, 0.3) is 11.6 Å². The van der Waals surface area contributed by atoms with Crippen LogP contribution < -0.4 is 5.32 Å². The molecule has 2 aliphatic heterocycles. The van der Waals surface area contributed by atoms with Crippen LogP contribution in [0.1, 0.15) is 29.5 Å². The summed E-state index contributed by atoms with van der Waals surface area (Å²) in [6, 6.07) is 6.03. The van der Waals surface area contributed by atoms with E-state index in [2.05, 4.69) is 34.0 Å². The lowest BCUT2D eigenvalue weighted by molar-refractivity contribution is -0.125. The fraction of sp³-hybridized carbons (Fsp3) is 0.292. The van der Waals surface area contributed by atoms with Gasteiger partial charge in [0.15, 0.2) is 0 Å². The SMILES string of the molecule is C=C1CCc2cc(/C=C/C(=O)N3CC4C=C(c5cccnc5Cl)CC4C3)cnc2N1. The third-order valence-corrected chi connectivity index (χ3v) is 6.50. The first kappa shape index (κ1) is 19.1. The van der Waals surface area contributed by atoms with Gasteiger partial charge in [0.25, 0.3) is 0 Å². The van der Waals surface area contributed by atoms with Crippen LogP contribution >= 0.6 is 11.6 Å². The van der Waals surface area contributed by atoms with Gasteiger partial charge in [0, 0.05) is 42.8 Å². The molecule has 5 rings (SSSR count). The van der Waals surface area contributed by atoms with E-state index in [-0.39, 0.29) is 5.91 Å². The maximum absolute atomic E-state index is 12.7. The number of nitrogens with one attached hydrogen (secondary N) is 1. The Morgan fingerprint density at radius 2 is 2.20 bits per heavy atom. The normalized spacial score (nSPS) is 22.6. The number of likely N-dealkylation sites (tertiary alicyclic amines) is 1. The molecule has 1 saturated heterocycles. The molecule has 2 unspecified atom stereocenters. The number of carbonyl (C=O) groups excluding carboxylic acids is 1. The molecule has 0 radical (unpaired) electrons. The number of hydrogen-bond acceptors (Lipinski definition) is 4. The minimum Gasteiger partial charge on any atom is -0.344 e. The Morgan fingerprint density at radius 1 is 1.30 bits per heavy atom. The van der Waals surface area contributed by atoms with Crippen molar-refractivity contribution in [2.24, 2.45) is 11.8 Å². The van der Waals surface area contributed by atoms with Crippen molar-refractivity contribution in [3.05, 3.63) is 76.9 Å². The summed E-state index contributed by atoms with van der Waals surface area (Å²) in [6.07, 6.45) is 12.1. The summed E-state index contributed by atoms with van der Waals surface area (Å²) < 4.78 is 0. The summed E-state index contributed by atoms with van der Waals surface area (Å²) in [5.74, 6) is 1.78. The smallest absolute Gasteiger partial charge is 0.246 e. The van der Waals surface area contributed by atoms with E-state index in [4.69, 9.17) is 11.6 Å². The number of nitrogens with zero attached hydrogens (tertiary/aromatic N) is 3. The summed E-state index contributed by atoms with van der Waals surface area (Å²) >= 11 is 6.25. The Morgan fingerprint density at radius 3 is 3.03 bits per heavy atom. The molecule has 4 heterocycles. The van der Waals surface area contributed by atoms with Gasteiger partial charge >= 0.3 is 0 Å². The number of aromatic nitrogens is 2. The number of fused-ring (bicyclic) bond motifs is 2. The molecule has 152 valence electrons. The van der Waals surface area contributed by atoms with Crippen LogP contribution in [0.4, 0.5) is 5.82 Å². The Labute approximate surface area is 181 Å². The number of allylic oxidation sites excluding steroid dienone is 2. The van der Waals surface area contributed by atoms with Crippen molar-refractivity contribution in [1.82, 2.24) is 14.9 Å². The van der Waals surface area contributed by atoms with Gasteiger partial charge in [-0.05, 0) is 66.0 Å². The highest BCUT2D eigenvalue weighted by Crippen LogP contribution is 2.42. The molecule has 1 amide bonds. The first-order valence-electron chi connectivity index (χ1n) is 10.3. The molecule has 2 atom stereocenters. The van der Waals surface area contributed by atoms with Crippen LogP contribution in [0.2, 0.25) is 5.15 Å². The van der Waals surface area contributed by atoms with Gasteiger partial charge in [-0.3, -0.25) is 4.79 Å². The maximum atomic E-state index is 12.7. The lowest BCUT2D eigenvalue weighted by Crippen LogP contribution is -2.27. The summed E-state index contributed by atoms with van der Waals surface area (Å²) in [6.45, 7) is 5.49. The maximum Gasteiger partial charge on any atom is 0.246 e. The molecule has 0 saturated carbocycles. The second-order valence-electron chi connectivity index (χ2n) is 8.24. The van der Waals surface area contributed by atoms with E-state index in [0.717, 1.165) is 55.0 Å². The van der Waals surface area contributed by atoms with E-state index < -0.39 is 0 Å². The van der Waals surface area contributed by atoms with Gasteiger partial charge in [-0.2, -0.15) is 0 Å². The van der Waals surface area contributed by atoms with Crippen LogP contribution in [0.15, 0.2) is 55.0 Å². The van der Waals surface area contributed by atoms with Crippen molar-refractivity contribution >= 4 is 35.0 Å². The zero-order valence-corrected chi connectivity index (χ0v) is 17.4. The van der Waals surface area contributed by atoms with Gasteiger partial charge in [-0.1, -0.05) is 30.3 Å². The summed E-state index contributed by atoms with van der Waals surface area (Å²) in [5.41, 5.74) is 5.38. The van der Waals surface area contributed by atoms with Gasteiger partial charge in [0.2, 0.25) is 5.91 Å². The van der Waals surface area contributed by atoms with Crippen molar-refractivity contribution in [2.75, 3.05) is 18.4 Å². The molecule has 1 aliphatic carbocycles. The van der Waals surface area contributed by atoms with Crippen LogP contribution in [-0.2, 0) is 11.2 Å². The minimum atomic E-state index is 0.0583. The molecule has 5 nitrogen and oxygen atoms in total. The highest BCUT2D eigenvalue weighted by molar-refractivity contribution is 6.31. The monoisotopic (exact) mass is 418 g/mol. The second-order valence-corrected chi connectivity index (χ2v) is 8.60. The zero-order valence-electron chi connectivity index (χ0n) is 16.6. The Kier molecular flexibility index (Phi) is 4.91. The van der Waals surface area contributed by atoms with Crippen molar-refractivity contribution in [1.29, 1.82) is 0 Å². The number of hydrogen-bond donors (Lipinski definition) is 1. The highest BCUT2D eigenvalue weighted by Gasteiger charge is 2.38. The topological polar surface area (TPSA) is 58.1 Å². The number of carbonyl (C=O) groups is 1. The van der Waals surface area contributed by atoms with Crippen LogP contribution in [0.3, 0.4) is 0 Å². The van der Waals surface area contributed by atoms with E-state index in [1.165, 1.54) is 11.1 Å². The van der Waals surface area contributed by atoms with E-state index in [9.17, 15) is 4.79 Å². The Hall–Kier alpha value is -2.92. The number of aryl methyl sites for hydroxylation is 1. The number of rotatable bonds is 3. The van der Waals surface area contributed by atoms with Gasteiger partial charge in [-0.15, -0.1) is 0 Å². The first-order chi connectivity index (χ1) is 14.6. The number of amides is 1. The Bertz CT molecular complexity index is 1090. The predicted molar refractivity (Wildman–Crippen MR) is 120 cm³/mol. The quantitative estimate of drug-likeness (QED) is 0.585. The average Bonchev–Trinajstić information content (AvgIpc) is 3.31. The molecule has 6 heteroatoms. The number of halogens is 1. The molecule has 1 N–H and O–H groups in total. The standard InChI is InChI=1S/C24H23ClN4O/c1-15-4-6-17-9-16(12-27-24(17)28-15)5-7-22(30)29-13-19-10-18(11-20(19)14-29)21-3-2-8-26-23(21)25/h2-3,5,7-10,12,19-20H,1,4,6,11,13-14H2,(H,27,28)/b7-5+. The fourth-order valence-corrected chi connectivity index (χ4v) is 4.87. The third-order valence-electron chi connectivity index (χ3n) is 6.20.